The molecule has 2 unspecified atom stereocenters. The van der Waals surface area contributed by atoms with Crippen molar-refractivity contribution in [3.8, 4) is 0 Å². The predicted molar refractivity (Wildman–Crippen MR) is 72.8 cm³/mol. The summed E-state index contributed by atoms with van der Waals surface area (Å²) in [7, 11) is 1.21. The van der Waals surface area contributed by atoms with E-state index in [0.717, 1.165) is 6.42 Å². The number of cyclic esters (lactones) is 2. The first kappa shape index (κ1) is 16.3. The van der Waals surface area contributed by atoms with Crippen molar-refractivity contribution in [2.75, 3.05) is 14.2 Å². The van der Waals surface area contributed by atoms with Gasteiger partial charge in [0.1, 0.15) is 0 Å². The lowest BCUT2D eigenvalue weighted by Gasteiger charge is -2.36. The molecule has 0 aromatic heterocycles. The third kappa shape index (κ3) is 3.24. The lowest BCUT2D eigenvalue weighted by molar-refractivity contribution is -0.155. The van der Waals surface area contributed by atoms with E-state index in [1.54, 1.807) is 14.2 Å². The number of rotatable bonds is 7. The molecule has 0 amide bonds. The Morgan fingerprint density at radius 1 is 1.32 bits per heavy atom. The second kappa shape index (κ2) is 6.63. The molecule has 0 spiro atoms. The van der Waals surface area contributed by atoms with Crippen LogP contribution < -0.4 is 0 Å². The lowest BCUT2D eigenvalue weighted by atomic mass is 9.75. The van der Waals surface area contributed by atoms with Gasteiger partial charge in [-0.15, -0.1) is 0 Å². The largest absolute Gasteiger partial charge is 0.400 e. The van der Waals surface area contributed by atoms with Crippen LogP contribution in [0.3, 0.4) is 0 Å². The molecule has 0 N–H and O–H groups in total. The van der Waals surface area contributed by atoms with Crippen molar-refractivity contribution in [2.45, 2.75) is 45.6 Å². The van der Waals surface area contributed by atoms with Gasteiger partial charge in [-0.1, -0.05) is 27.2 Å². The van der Waals surface area contributed by atoms with E-state index in [2.05, 4.69) is 0 Å². The third-order valence-corrected chi connectivity index (χ3v) is 6.48. The Morgan fingerprint density at radius 3 is 2.21 bits per heavy atom. The first-order valence-electron chi connectivity index (χ1n) is 6.72. The summed E-state index contributed by atoms with van der Waals surface area (Å²) in [6, 6.07) is 0. The Bertz CT molecular complexity index is 340. The second-order valence-electron chi connectivity index (χ2n) is 5.55. The normalized spacial score (nSPS) is 25.2. The van der Waals surface area contributed by atoms with Crippen LogP contribution in [0.1, 0.15) is 40.0 Å². The van der Waals surface area contributed by atoms with Gasteiger partial charge in [-0.05, 0) is 12.3 Å². The van der Waals surface area contributed by atoms with Gasteiger partial charge < -0.3 is 13.6 Å². The van der Waals surface area contributed by atoms with E-state index in [1.165, 1.54) is 0 Å². The summed E-state index contributed by atoms with van der Waals surface area (Å²) in [5.41, 5.74) is -0.813. The van der Waals surface area contributed by atoms with Crippen molar-refractivity contribution >= 4 is 21.2 Å². The van der Waals surface area contributed by atoms with Crippen LogP contribution in [0.2, 0.25) is 5.54 Å². The monoisotopic (exact) mass is 288 g/mol. The summed E-state index contributed by atoms with van der Waals surface area (Å²) in [6.07, 6.45) is 1.53. The highest BCUT2D eigenvalue weighted by Crippen LogP contribution is 2.50. The minimum absolute atomic E-state index is 0.0520. The van der Waals surface area contributed by atoms with Crippen molar-refractivity contribution in [3.05, 3.63) is 0 Å². The molecule has 0 saturated carbocycles. The van der Waals surface area contributed by atoms with Crippen molar-refractivity contribution in [1.82, 2.24) is 0 Å². The van der Waals surface area contributed by atoms with Gasteiger partial charge in [0.2, 0.25) is 0 Å². The minimum atomic E-state index is -2.01. The standard InChI is InChI=1S/C13H24O5Si/c1-6-10(19(16-4)17-5)13(7-9(2)3)8-11(14)18-12(13)15/h9-10,19H,6-8H2,1-5H3. The number of ether oxygens (including phenoxy) is 1. The molecule has 19 heavy (non-hydrogen) atoms. The predicted octanol–water partition coefficient (Wildman–Crippen LogP) is 1.79. The van der Waals surface area contributed by atoms with Crippen LogP contribution in [-0.4, -0.2) is 35.4 Å². The maximum absolute atomic E-state index is 12.2. The van der Waals surface area contributed by atoms with Gasteiger partial charge in [-0.2, -0.15) is 0 Å². The minimum Gasteiger partial charge on any atom is -0.400 e. The molecule has 1 aliphatic rings. The van der Waals surface area contributed by atoms with Crippen molar-refractivity contribution < 1.29 is 23.2 Å². The number of hydrogen-bond acceptors (Lipinski definition) is 5. The SMILES string of the molecule is CCC([SiH](OC)OC)C1(CC(C)C)CC(=O)OC1=O. The second-order valence-corrected chi connectivity index (χ2v) is 8.03. The van der Waals surface area contributed by atoms with Gasteiger partial charge in [0.25, 0.3) is 0 Å². The first-order valence-corrected chi connectivity index (χ1v) is 8.32. The van der Waals surface area contributed by atoms with Crippen LogP contribution in [0.25, 0.3) is 0 Å². The summed E-state index contributed by atoms with van der Waals surface area (Å²) in [5, 5.41) is 0. The Labute approximate surface area is 116 Å². The van der Waals surface area contributed by atoms with E-state index in [9.17, 15) is 9.59 Å². The highest BCUT2D eigenvalue weighted by Gasteiger charge is 2.56. The average Bonchev–Trinajstić information content (AvgIpc) is 2.60. The quantitative estimate of drug-likeness (QED) is 0.406. The van der Waals surface area contributed by atoms with E-state index in [-0.39, 0.29) is 12.0 Å². The van der Waals surface area contributed by atoms with E-state index in [4.69, 9.17) is 13.6 Å². The van der Waals surface area contributed by atoms with Crippen molar-refractivity contribution in [3.63, 3.8) is 0 Å². The Kier molecular flexibility index (Phi) is 5.70. The number of esters is 2. The fourth-order valence-corrected chi connectivity index (χ4v) is 5.30. The molecular weight excluding hydrogens is 264 g/mol. The summed E-state index contributed by atoms with van der Waals surface area (Å²) >= 11 is 0. The Morgan fingerprint density at radius 2 is 1.89 bits per heavy atom. The molecule has 0 aromatic carbocycles. The molecule has 1 aliphatic heterocycles. The van der Waals surface area contributed by atoms with Crippen LogP contribution in [-0.2, 0) is 23.2 Å². The molecule has 0 bridgehead atoms. The van der Waals surface area contributed by atoms with Gasteiger partial charge in [-0.3, -0.25) is 9.59 Å². The van der Waals surface area contributed by atoms with Crippen LogP contribution in [0.4, 0.5) is 0 Å². The molecule has 1 rings (SSSR count). The van der Waals surface area contributed by atoms with Crippen molar-refractivity contribution in [1.29, 1.82) is 0 Å². The molecule has 1 heterocycles. The zero-order chi connectivity index (χ0) is 14.6. The van der Waals surface area contributed by atoms with E-state index >= 15 is 0 Å². The first-order chi connectivity index (χ1) is 8.91. The van der Waals surface area contributed by atoms with E-state index < -0.39 is 26.6 Å². The Hall–Kier alpha value is -0.723. The molecule has 5 nitrogen and oxygen atoms in total. The van der Waals surface area contributed by atoms with Crippen LogP contribution in [0, 0.1) is 11.3 Å². The Balaban J connectivity index is 3.14. The number of hydrogen-bond donors (Lipinski definition) is 0. The fraction of sp³-hybridized carbons (Fsp3) is 0.846. The molecule has 1 fully saturated rings. The number of carbonyl (C=O) groups excluding carboxylic acids is 2. The molecule has 0 aromatic rings. The van der Waals surface area contributed by atoms with Gasteiger partial charge in [0.15, 0.2) is 0 Å². The average molecular weight is 288 g/mol. The fourth-order valence-electron chi connectivity index (χ4n) is 3.16. The summed E-state index contributed by atoms with van der Waals surface area (Å²) < 4.78 is 15.7. The molecular formula is C13H24O5Si. The zero-order valence-corrected chi connectivity index (χ0v) is 13.5. The summed E-state index contributed by atoms with van der Waals surface area (Å²) in [6.45, 7) is 6.09. The van der Waals surface area contributed by atoms with Gasteiger partial charge in [0, 0.05) is 19.8 Å². The third-order valence-electron chi connectivity index (χ3n) is 3.79. The van der Waals surface area contributed by atoms with Crippen LogP contribution in [0.15, 0.2) is 0 Å². The van der Waals surface area contributed by atoms with Gasteiger partial charge >= 0.3 is 21.2 Å². The molecule has 6 heteroatoms. The maximum Gasteiger partial charge on any atom is 0.325 e. The van der Waals surface area contributed by atoms with Gasteiger partial charge in [-0.25, -0.2) is 0 Å². The molecule has 2 atom stereocenters. The van der Waals surface area contributed by atoms with Gasteiger partial charge in [0.05, 0.1) is 11.8 Å². The lowest BCUT2D eigenvalue weighted by Crippen LogP contribution is -2.42. The highest BCUT2D eigenvalue weighted by molar-refractivity contribution is 6.47. The molecule has 110 valence electrons. The smallest absolute Gasteiger partial charge is 0.325 e. The highest BCUT2D eigenvalue weighted by atomic mass is 28.3. The molecule has 0 radical (unpaired) electrons. The molecule has 0 aliphatic carbocycles. The van der Waals surface area contributed by atoms with Crippen molar-refractivity contribution in [2.24, 2.45) is 11.3 Å². The number of carbonyl (C=O) groups is 2. The van der Waals surface area contributed by atoms with Crippen LogP contribution in [0.5, 0.6) is 0 Å². The van der Waals surface area contributed by atoms with E-state index in [0.29, 0.717) is 12.3 Å². The maximum atomic E-state index is 12.2. The zero-order valence-electron chi connectivity index (χ0n) is 12.4. The van der Waals surface area contributed by atoms with Crippen LogP contribution >= 0.6 is 0 Å². The summed E-state index contributed by atoms with van der Waals surface area (Å²) in [4.78, 5) is 23.8. The summed E-state index contributed by atoms with van der Waals surface area (Å²) in [5.74, 6) is -0.524. The van der Waals surface area contributed by atoms with E-state index in [1.807, 2.05) is 20.8 Å². The molecule has 1 saturated heterocycles. The topological polar surface area (TPSA) is 61.8 Å².